The third kappa shape index (κ3) is 4.69. The Morgan fingerprint density at radius 1 is 1.08 bits per heavy atom. The number of rotatable bonds is 7. The standard InChI is InChI=1S/C17H17F4NO2/c1-10(11-4-2-5-12(8-11)24-17(20)21)22-9-15(23)16-13(18)6-3-7-14(16)19/h2-8,10,15,17,22-23H,9H2,1H3. The first kappa shape index (κ1) is 18.2. The van der Waals surface area contributed by atoms with Gasteiger partial charge in [0, 0.05) is 12.6 Å². The lowest BCUT2D eigenvalue weighted by Gasteiger charge is -2.19. The van der Waals surface area contributed by atoms with Crippen LogP contribution in [0.15, 0.2) is 42.5 Å². The maximum atomic E-state index is 13.6. The number of halogens is 4. The molecule has 0 amide bonds. The largest absolute Gasteiger partial charge is 0.435 e. The molecule has 2 unspecified atom stereocenters. The smallest absolute Gasteiger partial charge is 0.387 e. The summed E-state index contributed by atoms with van der Waals surface area (Å²) < 4.78 is 56.0. The van der Waals surface area contributed by atoms with E-state index in [0.717, 1.165) is 12.1 Å². The van der Waals surface area contributed by atoms with Crippen molar-refractivity contribution in [2.24, 2.45) is 0 Å². The highest BCUT2D eigenvalue weighted by atomic mass is 19.3. The first-order chi connectivity index (χ1) is 11.4. The summed E-state index contributed by atoms with van der Waals surface area (Å²) in [5, 5.41) is 12.9. The van der Waals surface area contributed by atoms with E-state index in [1.165, 1.54) is 18.2 Å². The maximum absolute atomic E-state index is 13.6. The van der Waals surface area contributed by atoms with Gasteiger partial charge in [0.25, 0.3) is 0 Å². The highest BCUT2D eigenvalue weighted by Crippen LogP contribution is 2.23. The molecule has 0 heterocycles. The average molecular weight is 343 g/mol. The van der Waals surface area contributed by atoms with Crippen LogP contribution in [0, 0.1) is 11.6 Å². The Kier molecular flexibility index (Phi) is 6.16. The quantitative estimate of drug-likeness (QED) is 0.748. The van der Waals surface area contributed by atoms with Gasteiger partial charge in [-0.15, -0.1) is 0 Å². The van der Waals surface area contributed by atoms with Gasteiger partial charge >= 0.3 is 6.61 Å². The number of hydrogen-bond acceptors (Lipinski definition) is 3. The molecule has 7 heteroatoms. The van der Waals surface area contributed by atoms with E-state index in [2.05, 4.69) is 10.1 Å². The van der Waals surface area contributed by atoms with Crippen molar-refractivity contribution < 1.29 is 27.4 Å². The minimum atomic E-state index is -2.92. The monoisotopic (exact) mass is 343 g/mol. The van der Waals surface area contributed by atoms with E-state index < -0.39 is 29.9 Å². The Labute approximate surface area is 136 Å². The molecule has 0 bridgehead atoms. The summed E-state index contributed by atoms with van der Waals surface area (Å²) >= 11 is 0. The number of hydrogen-bond donors (Lipinski definition) is 2. The van der Waals surface area contributed by atoms with E-state index in [4.69, 9.17) is 0 Å². The normalized spacial score (nSPS) is 13.8. The van der Waals surface area contributed by atoms with E-state index in [1.807, 2.05) is 0 Å². The summed E-state index contributed by atoms with van der Waals surface area (Å²) in [6.45, 7) is -1.31. The van der Waals surface area contributed by atoms with Crippen molar-refractivity contribution in [1.82, 2.24) is 5.32 Å². The fourth-order valence-corrected chi connectivity index (χ4v) is 2.30. The summed E-state index contributed by atoms with van der Waals surface area (Å²) in [5.41, 5.74) is 0.223. The number of ether oxygens (including phenoxy) is 1. The van der Waals surface area contributed by atoms with Crippen molar-refractivity contribution in [1.29, 1.82) is 0 Å². The van der Waals surface area contributed by atoms with Crippen LogP contribution in [0.4, 0.5) is 17.6 Å². The van der Waals surface area contributed by atoms with Crippen LogP contribution in [-0.2, 0) is 0 Å². The van der Waals surface area contributed by atoms with Gasteiger partial charge in [-0.3, -0.25) is 0 Å². The molecule has 24 heavy (non-hydrogen) atoms. The van der Waals surface area contributed by atoms with Gasteiger partial charge in [0.1, 0.15) is 17.4 Å². The Morgan fingerprint density at radius 3 is 2.33 bits per heavy atom. The van der Waals surface area contributed by atoms with E-state index in [0.29, 0.717) is 5.56 Å². The van der Waals surface area contributed by atoms with Gasteiger partial charge in [-0.05, 0) is 36.8 Å². The second kappa shape index (κ2) is 8.12. The van der Waals surface area contributed by atoms with Crippen molar-refractivity contribution in [2.75, 3.05) is 6.54 Å². The van der Waals surface area contributed by atoms with Gasteiger partial charge < -0.3 is 15.2 Å². The number of alkyl halides is 2. The van der Waals surface area contributed by atoms with Crippen LogP contribution in [0.3, 0.4) is 0 Å². The molecule has 0 radical (unpaired) electrons. The molecule has 2 rings (SSSR count). The second-order valence-electron chi connectivity index (χ2n) is 5.23. The first-order valence-corrected chi connectivity index (χ1v) is 7.28. The Morgan fingerprint density at radius 2 is 1.71 bits per heavy atom. The lowest BCUT2D eigenvalue weighted by atomic mass is 10.1. The molecule has 0 aliphatic carbocycles. The van der Waals surface area contributed by atoms with Gasteiger partial charge in [-0.1, -0.05) is 18.2 Å². The highest BCUT2D eigenvalue weighted by molar-refractivity contribution is 5.30. The van der Waals surface area contributed by atoms with Gasteiger partial charge in [-0.25, -0.2) is 8.78 Å². The zero-order chi connectivity index (χ0) is 17.7. The van der Waals surface area contributed by atoms with Crippen LogP contribution in [0.25, 0.3) is 0 Å². The molecule has 2 N–H and O–H groups in total. The number of benzene rings is 2. The summed E-state index contributed by atoms with van der Waals surface area (Å²) in [5.74, 6) is -1.65. The van der Waals surface area contributed by atoms with E-state index >= 15 is 0 Å². The van der Waals surface area contributed by atoms with Crippen molar-refractivity contribution in [2.45, 2.75) is 25.7 Å². The predicted octanol–water partition coefficient (Wildman–Crippen LogP) is 3.95. The molecule has 2 aromatic carbocycles. The molecule has 2 aromatic rings. The van der Waals surface area contributed by atoms with Gasteiger partial charge in [-0.2, -0.15) is 8.78 Å². The lowest BCUT2D eigenvalue weighted by Crippen LogP contribution is -2.25. The molecule has 0 aliphatic rings. The summed E-state index contributed by atoms with van der Waals surface area (Å²) in [4.78, 5) is 0. The average Bonchev–Trinajstić information content (AvgIpc) is 2.52. The Hall–Kier alpha value is -2.12. The third-order valence-electron chi connectivity index (χ3n) is 3.53. The molecule has 0 saturated carbocycles. The summed E-state index contributed by atoms with van der Waals surface area (Å²) in [6, 6.07) is 9.06. The fourth-order valence-electron chi connectivity index (χ4n) is 2.30. The van der Waals surface area contributed by atoms with Crippen LogP contribution in [0.2, 0.25) is 0 Å². The molecular formula is C17H17F4NO2. The summed E-state index contributed by atoms with van der Waals surface area (Å²) in [6.07, 6.45) is -1.38. The topological polar surface area (TPSA) is 41.5 Å². The van der Waals surface area contributed by atoms with Crippen LogP contribution in [-0.4, -0.2) is 18.3 Å². The van der Waals surface area contributed by atoms with Crippen LogP contribution < -0.4 is 10.1 Å². The Balaban J connectivity index is 2.01. The molecule has 130 valence electrons. The lowest BCUT2D eigenvalue weighted by molar-refractivity contribution is -0.0499. The fraction of sp³-hybridized carbons (Fsp3) is 0.294. The molecule has 0 saturated heterocycles. The van der Waals surface area contributed by atoms with E-state index in [9.17, 15) is 22.7 Å². The summed E-state index contributed by atoms with van der Waals surface area (Å²) in [7, 11) is 0. The van der Waals surface area contributed by atoms with Crippen LogP contribution in [0.5, 0.6) is 5.75 Å². The predicted molar refractivity (Wildman–Crippen MR) is 80.8 cm³/mol. The van der Waals surface area contributed by atoms with E-state index in [1.54, 1.807) is 19.1 Å². The number of aliphatic hydroxyl groups excluding tert-OH is 1. The zero-order valence-electron chi connectivity index (χ0n) is 12.8. The van der Waals surface area contributed by atoms with Gasteiger partial charge in [0.2, 0.25) is 0 Å². The molecule has 3 nitrogen and oxygen atoms in total. The molecule has 2 atom stereocenters. The Bertz CT molecular complexity index is 661. The third-order valence-corrected chi connectivity index (χ3v) is 3.53. The second-order valence-corrected chi connectivity index (χ2v) is 5.23. The molecule has 0 fully saturated rings. The number of nitrogens with one attached hydrogen (secondary N) is 1. The van der Waals surface area contributed by atoms with Crippen molar-refractivity contribution in [3.63, 3.8) is 0 Å². The van der Waals surface area contributed by atoms with Crippen molar-refractivity contribution in [3.05, 3.63) is 65.2 Å². The molecular weight excluding hydrogens is 326 g/mol. The van der Waals surface area contributed by atoms with Gasteiger partial charge in [0.15, 0.2) is 0 Å². The van der Waals surface area contributed by atoms with Crippen LogP contribution >= 0.6 is 0 Å². The SMILES string of the molecule is CC(NCC(O)c1c(F)cccc1F)c1cccc(OC(F)F)c1. The molecule has 0 aliphatic heterocycles. The maximum Gasteiger partial charge on any atom is 0.387 e. The zero-order valence-corrected chi connectivity index (χ0v) is 12.8. The first-order valence-electron chi connectivity index (χ1n) is 7.28. The van der Waals surface area contributed by atoms with Crippen molar-refractivity contribution >= 4 is 0 Å². The minimum absolute atomic E-state index is 0.0110. The van der Waals surface area contributed by atoms with E-state index in [-0.39, 0.29) is 18.3 Å². The van der Waals surface area contributed by atoms with Gasteiger partial charge in [0.05, 0.1) is 11.7 Å². The van der Waals surface area contributed by atoms with Crippen LogP contribution in [0.1, 0.15) is 30.2 Å². The molecule has 0 spiro atoms. The molecule has 0 aromatic heterocycles. The van der Waals surface area contributed by atoms with Crippen molar-refractivity contribution in [3.8, 4) is 5.75 Å². The number of aliphatic hydroxyl groups is 1. The highest BCUT2D eigenvalue weighted by Gasteiger charge is 2.18. The minimum Gasteiger partial charge on any atom is -0.435 e.